The van der Waals surface area contributed by atoms with Crippen molar-refractivity contribution in [2.24, 2.45) is 0 Å². The summed E-state index contributed by atoms with van der Waals surface area (Å²) in [5.74, 6) is 0.647. The third-order valence-electron chi connectivity index (χ3n) is 2.65. The number of rotatable bonds is 5. The molecule has 0 heterocycles. The highest BCUT2D eigenvalue weighted by Gasteiger charge is 2.46. The molecule has 5 nitrogen and oxygen atoms in total. The largest absolute Gasteiger partial charge is 0.497 e. The number of ether oxygens (including phenoxy) is 1. The van der Waals surface area contributed by atoms with E-state index in [2.05, 4.69) is 0 Å². The van der Waals surface area contributed by atoms with Gasteiger partial charge in [-0.25, -0.2) is 0 Å². The van der Waals surface area contributed by atoms with E-state index < -0.39 is 12.9 Å². The molecule has 96 valence electrons. The number of hydrogen-bond donors (Lipinski definition) is 1. The van der Waals surface area contributed by atoms with Crippen molar-refractivity contribution in [3.8, 4) is 5.75 Å². The summed E-state index contributed by atoms with van der Waals surface area (Å²) in [4.78, 5) is 0. The average Bonchev–Trinajstić information content (AvgIpc) is 2.37. The van der Waals surface area contributed by atoms with E-state index >= 15 is 0 Å². The number of methoxy groups -OCH3 is 1. The third kappa shape index (κ3) is 2.53. The summed E-state index contributed by atoms with van der Waals surface area (Å²) in [5.41, 5.74) is 0.435. The number of benzene rings is 1. The van der Waals surface area contributed by atoms with Crippen LogP contribution in [0.4, 0.5) is 0 Å². The fraction of sp³-hybridized carbons (Fsp3) is 0.455. The second-order valence-corrected chi connectivity index (χ2v) is 6.21. The van der Waals surface area contributed by atoms with Crippen molar-refractivity contribution in [1.29, 1.82) is 0 Å². The Balaban J connectivity index is 3.15. The standard InChI is InChI=1S/C11H17O5P/c1-11(12,17(13,15-3)16-4)9-5-7-10(14-2)8-6-9/h5-8,12H,1-4H3. The Morgan fingerprint density at radius 2 is 1.59 bits per heavy atom. The predicted molar refractivity (Wildman–Crippen MR) is 64.2 cm³/mol. The molecule has 1 rings (SSSR count). The summed E-state index contributed by atoms with van der Waals surface area (Å²) in [6, 6.07) is 6.56. The molecule has 1 atom stereocenters. The van der Waals surface area contributed by atoms with Crippen LogP contribution in [-0.2, 0) is 19.0 Å². The zero-order valence-electron chi connectivity index (χ0n) is 10.3. The summed E-state index contributed by atoms with van der Waals surface area (Å²) in [6.07, 6.45) is 0. The van der Waals surface area contributed by atoms with Crippen LogP contribution in [0.1, 0.15) is 12.5 Å². The summed E-state index contributed by atoms with van der Waals surface area (Å²) in [5, 5.41) is 8.61. The summed E-state index contributed by atoms with van der Waals surface area (Å²) in [6.45, 7) is 1.39. The van der Waals surface area contributed by atoms with Gasteiger partial charge in [-0.1, -0.05) is 12.1 Å². The van der Waals surface area contributed by atoms with E-state index in [9.17, 15) is 9.67 Å². The first-order valence-electron chi connectivity index (χ1n) is 5.00. The van der Waals surface area contributed by atoms with E-state index in [0.29, 0.717) is 11.3 Å². The molecule has 0 radical (unpaired) electrons. The van der Waals surface area contributed by atoms with Crippen LogP contribution in [0, 0.1) is 0 Å². The Morgan fingerprint density at radius 3 is 1.94 bits per heavy atom. The highest BCUT2D eigenvalue weighted by molar-refractivity contribution is 7.54. The van der Waals surface area contributed by atoms with Crippen LogP contribution >= 0.6 is 7.60 Å². The first-order valence-corrected chi connectivity index (χ1v) is 6.54. The molecule has 0 saturated carbocycles. The summed E-state index contributed by atoms with van der Waals surface area (Å²) < 4.78 is 26.8. The Morgan fingerprint density at radius 1 is 1.12 bits per heavy atom. The molecule has 1 N–H and O–H groups in total. The fourth-order valence-electron chi connectivity index (χ4n) is 1.49. The Labute approximate surface area is 101 Å². The van der Waals surface area contributed by atoms with Gasteiger partial charge < -0.3 is 18.9 Å². The minimum absolute atomic E-state index is 0.435. The van der Waals surface area contributed by atoms with Gasteiger partial charge in [-0.2, -0.15) is 0 Å². The third-order valence-corrected chi connectivity index (χ3v) is 4.94. The molecule has 1 aromatic rings. The molecule has 0 aliphatic carbocycles. The molecule has 0 amide bonds. The van der Waals surface area contributed by atoms with E-state index in [1.165, 1.54) is 21.1 Å². The molecule has 6 heteroatoms. The Hall–Kier alpha value is -0.870. The second-order valence-electron chi connectivity index (χ2n) is 3.61. The van der Waals surface area contributed by atoms with E-state index in [1.807, 2.05) is 0 Å². The quantitative estimate of drug-likeness (QED) is 0.823. The van der Waals surface area contributed by atoms with Gasteiger partial charge in [-0.15, -0.1) is 0 Å². The van der Waals surface area contributed by atoms with Crippen LogP contribution in [0.15, 0.2) is 24.3 Å². The first-order chi connectivity index (χ1) is 7.91. The highest BCUT2D eigenvalue weighted by Crippen LogP contribution is 2.62. The van der Waals surface area contributed by atoms with Crippen molar-refractivity contribution in [2.75, 3.05) is 21.3 Å². The SMILES string of the molecule is COc1ccc(C(C)(O)P(=O)(OC)OC)cc1. The van der Waals surface area contributed by atoms with Gasteiger partial charge in [0.05, 0.1) is 7.11 Å². The van der Waals surface area contributed by atoms with Crippen molar-refractivity contribution in [3.63, 3.8) is 0 Å². The van der Waals surface area contributed by atoms with Gasteiger partial charge in [-0.05, 0) is 24.6 Å². The smallest absolute Gasteiger partial charge is 0.365 e. The Bertz CT molecular complexity index is 404. The molecule has 0 spiro atoms. The maximum atomic E-state index is 12.2. The van der Waals surface area contributed by atoms with E-state index in [0.717, 1.165) is 0 Å². The molecule has 0 aliphatic rings. The molecule has 0 aromatic heterocycles. The topological polar surface area (TPSA) is 65.0 Å². The molecule has 0 aliphatic heterocycles. The van der Waals surface area contributed by atoms with Gasteiger partial charge in [-0.3, -0.25) is 4.57 Å². The maximum Gasteiger partial charge on any atom is 0.365 e. The predicted octanol–water partition coefficient (Wildman–Crippen LogP) is 2.35. The first kappa shape index (κ1) is 14.2. The minimum atomic E-state index is -3.61. The van der Waals surface area contributed by atoms with E-state index in [1.54, 1.807) is 31.4 Å². The molecule has 0 saturated heterocycles. The molecule has 0 bridgehead atoms. The van der Waals surface area contributed by atoms with Gasteiger partial charge in [0.2, 0.25) is 0 Å². The van der Waals surface area contributed by atoms with Crippen LogP contribution in [-0.4, -0.2) is 26.4 Å². The molecular formula is C11H17O5P. The van der Waals surface area contributed by atoms with Gasteiger partial charge in [0.25, 0.3) is 0 Å². The summed E-state index contributed by atoms with van der Waals surface area (Å²) >= 11 is 0. The lowest BCUT2D eigenvalue weighted by molar-refractivity contribution is 0.0932. The fourth-order valence-corrected chi connectivity index (χ4v) is 2.82. The molecule has 1 aromatic carbocycles. The molecular weight excluding hydrogens is 243 g/mol. The maximum absolute atomic E-state index is 12.2. The lowest BCUT2D eigenvalue weighted by Crippen LogP contribution is -2.23. The van der Waals surface area contributed by atoms with Crippen molar-refractivity contribution in [3.05, 3.63) is 29.8 Å². The minimum Gasteiger partial charge on any atom is -0.497 e. The van der Waals surface area contributed by atoms with Crippen LogP contribution in [0.3, 0.4) is 0 Å². The van der Waals surface area contributed by atoms with Crippen LogP contribution in [0.2, 0.25) is 0 Å². The highest BCUT2D eigenvalue weighted by atomic mass is 31.2. The van der Waals surface area contributed by atoms with E-state index in [-0.39, 0.29) is 0 Å². The van der Waals surface area contributed by atoms with Gasteiger partial charge in [0.15, 0.2) is 5.34 Å². The molecule has 0 fully saturated rings. The zero-order valence-corrected chi connectivity index (χ0v) is 11.2. The van der Waals surface area contributed by atoms with Crippen molar-refractivity contribution in [1.82, 2.24) is 0 Å². The second kappa shape index (κ2) is 5.19. The van der Waals surface area contributed by atoms with Crippen molar-refractivity contribution in [2.45, 2.75) is 12.3 Å². The van der Waals surface area contributed by atoms with E-state index in [4.69, 9.17) is 13.8 Å². The number of hydrogen-bond acceptors (Lipinski definition) is 5. The monoisotopic (exact) mass is 260 g/mol. The number of aliphatic hydroxyl groups is 1. The van der Waals surface area contributed by atoms with Crippen LogP contribution in [0.5, 0.6) is 5.75 Å². The lowest BCUT2D eigenvalue weighted by Gasteiger charge is -2.30. The summed E-state index contributed by atoms with van der Waals surface area (Å²) in [7, 11) is 0.406. The molecule has 1 unspecified atom stereocenters. The Kier molecular flexibility index (Phi) is 4.33. The normalized spacial score (nSPS) is 15.4. The van der Waals surface area contributed by atoms with Gasteiger partial charge in [0, 0.05) is 14.2 Å². The van der Waals surface area contributed by atoms with Gasteiger partial charge >= 0.3 is 7.60 Å². The van der Waals surface area contributed by atoms with Crippen LogP contribution in [0.25, 0.3) is 0 Å². The van der Waals surface area contributed by atoms with Crippen molar-refractivity contribution >= 4 is 7.60 Å². The molecule has 17 heavy (non-hydrogen) atoms. The average molecular weight is 260 g/mol. The van der Waals surface area contributed by atoms with Gasteiger partial charge in [0.1, 0.15) is 5.75 Å². The lowest BCUT2D eigenvalue weighted by atomic mass is 10.1. The van der Waals surface area contributed by atoms with Crippen LogP contribution < -0.4 is 4.74 Å². The zero-order chi connectivity index (χ0) is 13.1. The van der Waals surface area contributed by atoms with Crippen molar-refractivity contribution < 1.29 is 23.5 Å².